The van der Waals surface area contributed by atoms with Crippen molar-refractivity contribution in [1.29, 1.82) is 0 Å². The molecule has 2 N–H and O–H groups in total. The van der Waals surface area contributed by atoms with E-state index in [-0.39, 0.29) is 0 Å². The van der Waals surface area contributed by atoms with Gasteiger partial charge in [-0.15, -0.1) is 0 Å². The summed E-state index contributed by atoms with van der Waals surface area (Å²) in [5, 5.41) is 13.7. The lowest BCUT2D eigenvalue weighted by Gasteiger charge is -2.12. The van der Waals surface area contributed by atoms with Gasteiger partial charge in [0.05, 0.1) is 6.10 Å². The fourth-order valence-corrected chi connectivity index (χ4v) is 2.76. The van der Waals surface area contributed by atoms with E-state index in [1.165, 1.54) is 16.7 Å². The lowest BCUT2D eigenvalue weighted by molar-refractivity contribution is 0.167. The fourth-order valence-electron chi connectivity index (χ4n) is 2.76. The molecular weight excluding hydrogens is 294 g/mol. The Hall–Kier alpha value is -2.42. The highest BCUT2D eigenvalue weighted by Crippen LogP contribution is 2.22. The summed E-state index contributed by atoms with van der Waals surface area (Å²) in [6, 6.07) is 28.8. The average Bonchev–Trinajstić information content (AvgIpc) is 2.67. The first-order valence-corrected chi connectivity index (χ1v) is 8.41. The van der Waals surface area contributed by atoms with Crippen LogP contribution in [-0.2, 0) is 6.54 Å². The van der Waals surface area contributed by atoms with Crippen LogP contribution in [-0.4, -0.2) is 11.7 Å². The second kappa shape index (κ2) is 8.44. The summed E-state index contributed by atoms with van der Waals surface area (Å²) in [6.45, 7) is 1.62. The molecule has 0 unspecified atom stereocenters. The van der Waals surface area contributed by atoms with Crippen molar-refractivity contribution in [2.45, 2.75) is 19.1 Å². The molecule has 3 aromatic carbocycles. The maximum Gasteiger partial charge on any atom is 0.0802 e. The Morgan fingerprint density at radius 2 is 1.29 bits per heavy atom. The second-order valence-electron chi connectivity index (χ2n) is 5.95. The third kappa shape index (κ3) is 4.54. The van der Waals surface area contributed by atoms with Gasteiger partial charge in [-0.3, -0.25) is 0 Å². The Kier molecular flexibility index (Phi) is 5.78. The Balaban J connectivity index is 1.49. The van der Waals surface area contributed by atoms with Gasteiger partial charge in [0.2, 0.25) is 0 Å². The predicted molar refractivity (Wildman–Crippen MR) is 99.6 cm³/mol. The van der Waals surface area contributed by atoms with Gasteiger partial charge >= 0.3 is 0 Å². The highest BCUT2D eigenvalue weighted by Gasteiger charge is 2.07. The van der Waals surface area contributed by atoms with Gasteiger partial charge in [-0.05, 0) is 35.2 Å². The Bertz CT molecular complexity index is 723. The van der Waals surface area contributed by atoms with Crippen molar-refractivity contribution in [1.82, 2.24) is 5.32 Å². The van der Waals surface area contributed by atoms with Crippen molar-refractivity contribution in [2.24, 2.45) is 0 Å². The number of nitrogens with one attached hydrogen (secondary N) is 1. The first-order chi connectivity index (χ1) is 11.8. The molecule has 0 aliphatic rings. The molecule has 0 bridgehead atoms. The Labute approximate surface area is 143 Å². The number of hydrogen-bond donors (Lipinski definition) is 2. The molecule has 1 atom stereocenters. The van der Waals surface area contributed by atoms with Crippen LogP contribution in [0.1, 0.15) is 23.7 Å². The summed E-state index contributed by atoms with van der Waals surface area (Å²) >= 11 is 0. The summed E-state index contributed by atoms with van der Waals surface area (Å²) in [5.41, 5.74) is 4.60. The first-order valence-electron chi connectivity index (χ1n) is 8.41. The molecule has 0 aromatic heterocycles. The van der Waals surface area contributed by atoms with Gasteiger partial charge in [-0.2, -0.15) is 0 Å². The summed E-state index contributed by atoms with van der Waals surface area (Å²) in [4.78, 5) is 0. The van der Waals surface area contributed by atoms with E-state index < -0.39 is 6.10 Å². The van der Waals surface area contributed by atoms with Gasteiger partial charge in [0, 0.05) is 6.54 Å². The molecule has 0 aliphatic heterocycles. The van der Waals surface area contributed by atoms with E-state index in [4.69, 9.17) is 0 Å². The molecule has 0 spiro atoms. The van der Waals surface area contributed by atoms with Crippen molar-refractivity contribution in [3.8, 4) is 11.1 Å². The van der Waals surface area contributed by atoms with Crippen molar-refractivity contribution in [2.75, 3.05) is 6.54 Å². The zero-order valence-corrected chi connectivity index (χ0v) is 13.7. The smallest absolute Gasteiger partial charge is 0.0802 e. The standard InChI is InChI=1S/C22H23NO/c24-22(15-16-23-17-18-7-3-1-4-8-18)21-13-11-20(12-14-21)19-9-5-2-6-10-19/h1-14,22-24H,15-17H2/t22-/m1/s1. The lowest BCUT2D eigenvalue weighted by Crippen LogP contribution is -2.17. The number of benzene rings is 3. The average molecular weight is 317 g/mol. The largest absolute Gasteiger partial charge is 0.388 e. The normalized spacial score (nSPS) is 12.0. The molecule has 122 valence electrons. The zero-order chi connectivity index (χ0) is 16.6. The van der Waals surface area contributed by atoms with Crippen LogP contribution in [0.15, 0.2) is 84.9 Å². The minimum Gasteiger partial charge on any atom is -0.388 e. The number of rotatable bonds is 7. The van der Waals surface area contributed by atoms with E-state index in [0.717, 1.165) is 18.7 Å². The molecule has 0 amide bonds. The summed E-state index contributed by atoms with van der Waals surface area (Å²) in [5.74, 6) is 0. The lowest BCUT2D eigenvalue weighted by atomic mass is 10.0. The zero-order valence-electron chi connectivity index (χ0n) is 13.7. The van der Waals surface area contributed by atoms with E-state index in [0.29, 0.717) is 6.42 Å². The van der Waals surface area contributed by atoms with Crippen molar-refractivity contribution >= 4 is 0 Å². The van der Waals surface area contributed by atoms with Crippen molar-refractivity contribution < 1.29 is 5.11 Å². The monoisotopic (exact) mass is 317 g/mol. The van der Waals surface area contributed by atoms with Crippen molar-refractivity contribution in [3.63, 3.8) is 0 Å². The minimum absolute atomic E-state index is 0.432. The van der Waals surface area contributed by atoms with Crippen LogP contribution in [0.4, 0.5) is 0 Å². The Morgan fingerprint density at radius 1 is 0.708 bits per heavy atom. The maximum absolute atomic E-state index is 10.3. The molecule has 2 heteroatoms. The van der Waals surface area contributed by atoms with E-state index in [1.807, 2.05) is 48.5 Å². The van der Waals surface area contributed by atoms with E-state index >= 15 is 0 Å². The molecule has 0 aliphatic carbocycles. The predicted octanol–water partition coefficient (Wildman–Crippen LogP) is 4.57. The highest BCUT2D eigenvalue weighted by molar-refractivity contribution is 5.63. The van der Waals surface area contributed by atoms with Crippen LogP contribution in [0.25, 0.3) is 11.1 Å². The van der Waals surface area contributed by atoms with Crippen molar-refractivity contribution in [3.05, 3.63) is 96.1 Å². The minimum atomic E-state index is -0.432. The molecule has 3 aromatic rings. The van der Waals surface area contributed by atoms with Gasteiger partial charge in [0.1, 0.15) is 0 Å². The number of hydrogen-bond acceptors (Lipinski definition) is 2. The molecule has 0 heterocycles. The van der Waals surface area contributed by atoms with Gasteiger partial charge in [-0.1, -0.05) is 84.9 Å². The number of aliphatic hydroxyl groups is 1. The highest BCUT2D eigenvalue weighted by atomic mass is 16.3. The molecule has 0 saturated heterocycles. The fraction of sp³-hybridized carbons (Fsp3) is 0.182. The molecule has 0 saturated carbocycles. The molecule has 24 heavy (non-hydrogen) atoms. The van der Waals surface area contributed by atoms with E-state index in [9.17, 15) is 5.11 Å². The molecule has 2 nitrogen and oxygen atoms in total. The van der Waals surface area contributed by atoms with E-state index in [2.05, 4.69) is 41.7 Å². The summed E-state index contributed by atoms with van der Waals surface area (Å²) in [6.07, 6.45) is 0.274. The third-order valence-corrected chi connectivity index (χ3v) is 4.17. The molecule has 0 radical (unpaired) electrons. The van der Waals surface area contributed by atoms with Crippen LogP contribution in [0, 0.1) is 0 Å². The van der Waals surface area contributed by atoms with Crippen LogP contribution in [0.3, 0.4) is 0 Å². The van der Waals surface area contributed by atoms with Gasteiger partial charge in [0.15, 0.2) is 0 Å². The first kappa shape index (κ1) is 16.4. The third-order valence-electron chi connectivity index (χ3n) is 4.17. The molecule has 3 rings (SSSR count). The SMILES string of the molecule is O[C@H](CCNCc1ccccc1)c1ccc(-c2ccccc2)cc1. The van der Waals surface area contributed by atoms with Gasteiger partial charge in [-0.25, -0.2) is 0 Å². The maximum atomic E-state index is 10.3. The summed E-state index contributed by atoms with van der Waals surface area (Å²) in [7, 11) is 0. The van der Waals surface area contributed by atoms with Crippen LogP contribution >= 0.6 is 0 Å². The number of aliphatic hydroxyl groups excluding tert-OH is 1. The second-order valence-corrected chi connectivity index (χ2v) is 5.95. The molecular formula is C22H23NO. The van der Waals surface area contributed by atoms with Crippen LogP contribution in [0.2, 0.25) is 0 Å². The van der Waals surface area contributed by atoms with Crippen LogP contribution in [0.5, 0.6) is 0 Å². The molecule has 0 fully saturated rings. The van der Waals surface area contributed by atoms with E-state index in [1.54, 1.807) is 0 Å². The van der Waals surface area contributed by atoms with Gasteiger partial charge in [0.25, 0.3) is 0 Å². The topological polar surface area (TPSA) is 32.3 Å². The quantitative estimate of drug-likeness (QED) is 0.626. The Morgan fingerprint density at radius 3 is 1.96 bits per heavy atom. The summed E-state index contributed by atoms with van der Waals surface area (Å²) < 4.78 is 0. The van der Waals surface area contributed by atoms with Gasteiger partial charge < -0.3 is 10.4 Å². The van der Waals surface area contributed by atoms with Crippen LogP contribution < -0.4 is 5.32 Å².